The maximum absolute atomic E-state index is 5.72. The lowest BCUT2D eigenvalue weighted by Gasteiger charge is -2.39. The molecule has 2 aliphatic heterocycles. The topological polar surface area (TPSA) is 18.5 Å². The second-order valence-electron chi connectivity index (χ2n) is 3.63. The first-order valence-electron chi connectivity index (χ1n) is 4.77. The SMILES string of the molecule is c1ccc(C2OC3CCOC32)cc1. The third-order valence-electron chi connectivity index (χ3n) is 2.83. The van der Waals surface area contributed by atoms with Gasteiger partial charge in [-0.05, 0) is 12.0 Å². The Labute approximate surface area is 77.5 Å². The minimum Gasteiger partial charge on any atom is -0.372 e. The van der Waals surface area contributed by atoms with Crippen LogP contribution in [0.5, 0.6) is 0 Å². The first-order valence-corrected chi connectivity index (χ1v) is 4.77. The van der Waals surface area contributed by atoms with Gasteiger partial charge in [0.25, 0.3) is 0 Å². The first-order chi connectivity index (χ1) is 6.45. The molecule has 1 aromatic carbocycles. The number of benzene rings is 1. The summed E-state index contributed by atoms with van der Waals surface area (Å²) >= 11 is 0. The summed E-state index contributed by atoms with van der Waals surface area (Å²) in [5.74, 6) is 0. The van der Waals surface area contributed by atoms with E-state index >= 15 is 0 Å². The molecule has 2 fully saturated rings. The average Bonchev–Trinajstić information content (AvgIpc) is 2.50. The van der Waals surface area contributed by atoms with Crippen LogP contribution in [0.4, 0.5) is 0 Å². The summed E-state index contributed by atoms with van der Waals surface area (Å²) in [5, 5.41) is 0. The Balaban J connectivity index is 1.81. The summed E-state index contributed by atoms with van der Waals surface area (Å²) in [4.78, 5) is 0. The fourth-order valence-corrected chi connectivity index (χ4v) is 2.11. The highest BCUT2D eigenvalue weighted by molar-refractivity contribution is 5.22. The molecule has 2 saturated heterocycles. The largest absolute Gasteiger partial charge is 0.372 e. The molecule has 1 aromatic rings. The molecule has 0 bridgehead atoms. The monoisotopic (exact) mass is 176 g/mol. The highest BCUT2D eigenvalue weighted by Gasteiger charge is 2.47. The molecule has 68 valence electrons. The zero-order valence-corrected chi connectivity index (χ0v) is 7.35. The number of ether oxygens (including phenoxy) is 2. The van der Waals surface area contributed by atoms with Gasteiger partial charge in [-0.2, -0.15) is 0 Å². The van der Waals surface area contributed by atoms with Crippen LogP contribution in [0.15, 0.2) is 30.3 Å². The molecule has 2 heterocycles. The van der Waals surface area contributed by atoms with Gasteiger partial charge < -0.3 is 9.47 Å². The van der Waals surface area contributed by atoms with E-state index < -0.39 is 0 Å². The molecule has 0 aliphatic carbocycles. The summed E-state index contributed by atoms with van der Waals surface area (Å²) in [6, 6.07) is 10.3. The summed E-state index contributed by atoms with van der Waals surface area (Å²) in [6.45, 7) is 0.860. The Bertz CT molecular complexity index is 296. The van der Waals surface area contributed by atoms with Crippen LogP contribution in [-0.4, -0.2) is 18.8 Å². The second-order valence-corrected chi connectivity index (χ2v) is 3.63. The van der Waals surface area contributed by atoms with E-state index in [1.165, 1.54) is 5.56 Å². The van der Waals surface area contributed by atoms with Crippen molar-refractivity contribution >= 4 is 0 Å². The Hall–Kier alpha value is -0.860. The Morgan fingerprint density at radius 1 is 1.15 bits per heavy atom. The lowest BCUT2D eigenvalue weighted by molar-refractivity contribution is -0.202. The van der Waals surface area contributed by atoms with Crippen LogP contribution in [0.25, 0.3) is 0 Å². The molecule has 0 saturated carbocycles. The van der Waals surface area contributed by atoms with E-state index in [1.54, 1.807) is 0 Å². The average molecular weight is 176 g/mol. The maximum Gasteiger partial charge on any atom is 0.114 e. The minimum atomic E-state index is 0.189. The molecular weight excluding hydrogens is 164 g/mol. The lowest BCUT2D eigenvalue weighted by atomic mass is 9.94. The van der Waals surface area contributed by atoms with E-state index in [2.05, 4.69) is 12.1 Å². The number of fused-ring (bicyclic) bond motifs is 1. The van der Waals surface area contributed by atoms with Crippen LogP contribution in [0, 0.1) is 0 Å². The van der Waals surface area contributed by atoms with Gasteiger partial charge in [-0.15, -0.1) is 0 Å². The van der Waals surface area contributed by atoms with Gasteiger partial charge in [-0.3, -0.25) is 0 Å². The lowest BCUT2D eigenvalue weighted by Crippen LogP contribution is -2.44. The molecule has 3 rings (SSSR count). The molecule has 0 aromatic heterocycles. The number of hydrogen-bond donors (Lipinski definition) is 0. The molecule has 13 heavy (non-hydrogen) atoms. The van der Waals surface area contributed by atoms with Gasteiger partial charge in [-0.1, -0.05) is 30.3 Å². The molecule has 0 amide bonds. The van der Waals surface area contributed by atoms with Gasteiger partial charge >= 0.3 is 0 Å². The normalized spacial score (nSPS) is 36.8. The predicted molar refractivity (Wildman–Crippen MR) is 48.4 cm³/mol. The highest BCUT2D eigenvalue weighted by Crippen LogP contribution is 2.42. The molecule has 2 heteroatoms. The summed E-state index contributed by atoms with van der Waals surface area (Å²) in [6.07, 6.45) is 1.94. The van der Waals surface area contributed by atoms with Crippen molar-refractivity contribution in [3.63, 3.8) is 0 Å². The summed E-state index contributed by atoms with van der Waals surface area (Å²) < 4.78 is 11.3. The minimum absolute atomic E-state index is 0.189. The van der Waals surface area contributed by atoms with Crippen molar-refractivity contribution in [1.82, 2.24) is 0 Å². The van der Waals surface area contributed by atoms with Gasteiger partial charge in [0.1, 0.15) is 12.2 Å². The van der Waals surface area contributed by atoms with E-state index in [-0.39, 0.29) is 6.10 Å². The van der Waals surface area contributed by atoms with Crippen molar-refractivity contribution in [1.29, 1.82) is 0 Å². The highest BCUT2D eigenvalue weighted by atomic mass is 16.6. The van der Waals surface area contributed by atoms with Crippen molar-refractivity contribution in [2.24, 2.45) is 0 Å². The van der Waals surface area contributed by atoms with Crippen LogP contribution in [0.1, 0.15) is 18.1 Å². The van der Waals surface area contributed by atoms with Gasteiger partial charge in [0.15, 0.2) is 0 Å². The van der Waals surface area contributed by atoms with Gasteiger partial charge in [0.05, 0.1) is 6.10 Å². The van der Waals surface area contributed by atoms with Crippen molar-refractivity contribution < 1.29 is 9.47 Å². The summed E-state index contributed by atoms with van der Waals surface area (Å²) in [7, 11) is 0. The van der Waals surface area contributed by atoms with Crippen molar-refractivity contribution in [3.8, 4) is 0 Å². The van der Waals surface area contributed by atoms with Crippen LogP contribution < -0.4 is 0 Å². The third kappa shape index (κ3) is 1.10. The van der Waals surface area contributed by atoms with E-state index in [0.717, 1.165) is 13.0 Å². The first kappa shape index (κ1) is 7.54. The number of rotatable bonds is 1. The van der Waals surface area contributed by atoms with E-state index in [4.69, 9.17) is 9.47 Å². The fraction of sp³-hybridized carbons (Fsp3) is 0.455. The van der Waals surface area contributed by atoms with Crippen molar-refractivity contribution in [2.75, 3.05) is 6.61 Å². The van der Waals surface area contributed by atoms with Crippen LogP contribution >= 0.6 is 0 Å². The zero-order chi connectivity index (χ0) is 8.67. The fourth-order valence-electron chi connectivity index (χ4n) is 2.11. The Morgan fingerprint density at radius 2 is 2.00 bits per heavy atom. The third-order valence-corrected chi connectivity index (χ3v) is 2.83. The van der Waals surface area contributed by atoms with E-state index in [1.807, 2.05) is 18.2 Å². The standard InChI is InChI=1S/C11H12O2/c1-2-4-8(5-3-1)10-11-9(13-10)6-7-12-11/h1-5,9-11H,6-7H2. The second kappa shape index (κ2) is 2.82. The molecular formula is C11H12O2. The molecule has 0 N–H and O–H groups in total. The van der Waals surface area contributed by atoms with Crippen molar-refractivity contribution in [3.05, 3.63) is 35.9 Å². The quantitative estimate of drug-likeness (QED) is 0.650. The molecule has 3 unspecified atom stereocenters. The van der Waals surface area contributed by atoms with E-state index in [0.29, 0.717) is 12.2 Å². The van der Waals surface area contributed by atoms with Crippen LogP contribution in [-0.2, 0) is 9.47 Å². The van der Waals surface area contributed by atoms with E-state index in [9.17, 15) is 0 Å². The molecule has 2 aliphatic rings. The molecule has 0 radical (unpaired) electrons. The number of hydrogen-bond acceptors (Lipinski definition) is 2. The van der Waals surface area contributed by atoms with Crippen LogP contribution in [0.3, 0.4) is 0 Å². The van der Waals surface area contributed by atoms with Gasteiger partial charge in [0.2, 0.25) is 0 Å². The zero-order valence-electron chi connectivity index (χ0n) is 7.35. The Kier molecular flexibility index (Phi) is 1.64. The molecule has 3 atom stereocenters. The smallest absolute Gasteiger partial charge is 0.114 e. The Morgan fingerprint density at radius 3 is 2.77 bits per heavy atom. The van der Waals surface area contributed by atoms with Gasteiger partial charge in [-0.25, -0.2) is 0 Å². The maximum atomic E-state index is 5.72. The molecule has 0 spiro atoms. The molecule has 2 nitrogen and oxygen atoms in total. The summed E-state index contributed by atoms with van der Waals surface area (Å²) in [5.41, 5.74) is 1.24. The predicted octanol–water partition coefficient (Wildman–Crippen LogP) is 1.92. The van der Waals surface area contributed by atoms with Gasteiger partial charge in [0, 0.05) is 6.61 Å². The van der Waals surface area contributed by atoms with Crippen LogP contribution in [0.2, 0.25) is 0 Å². The van der Waals surface area contributed by atoms with Crippen molar-refractivity contribution in [2.45, 2.75) is 24.7 Å².